The van der Waals surface area contributed by atoms with Crippen LogP contribution in [0.15, 0.2) is 0 Å². The van der Waals surface area contributed by atoms with Gasteiger partial charge in [0.15, 0.2) is 0 Å². The van der Waals surface area contributed by atoms with E-state index in [0.717, 1.165) is 38.6 Å². The normalized spacial score (nSPS) is 28.6. The molecule has 4 amide bonds. The molecule has 0 aromatic heterocycles. The van der Waals surface area contributed by atoms with Crippen LogP contribution in [0, 0.1) is 11.8 Å². The monoisotopic (exact) mass is 420 g/mol. The molecule has 3 aliphatic rings. The van der Waals surface area contributed by atoms with Crippen LogP contribution >= 0.6 is 0 Å². The number of nitrogens with one attached hydrogen (secondary N) is 1. The molecule has 0 saturated carbocycles. The average molecular weight is 421 g/mol. The number of urea groups is 1. The Balaban J connectivity index is 1.64. The van der Waals surface area contributed by atoms with E-state index in [1.54, 1.807) is 0 Å². The van der Waals surface area contributed by atoms with Crippen LogP contribution in [0.4, 0.5) is 4.79 Å². The molecular formula is C23H40N4O3. The third-order valence-electron chi connectivity index (χ3n) is 7.33. The van der Waals surface area contributed by atoms with E-state index in [-0.39, 0.29) is 23.8 Å². The van der Waals surface area contributed by atoms with Gasteiger partial charge in [0.1, 0.15) is 5.54 Å². The second-order valence-electron chi connectivity index (χ2n) is 9.93. The van der Waals surface area contributed by atoms with Gasteiger partial charge in [0.2, 0.25) is 5.91 Å². The lowest BCUT2D eigenvalue weighted by Gasteiger charge is -2.41. The SMILES string of the molecule is CCC[C@]1(C2CCN(C(=O)CC(C)C)CC2)NC(=O)N(CC[C@H]2CCCN2C)C1=O. The zero-order valence-electron chi connectivity index (χ0n) is 19.3. The van der Waals surface area contributed by atoms with Crippen LogP contribution in [0.5, 0.6) is 0 Å². The maximum Gasteiger partial charge on any atom is 0.325 e. The van der Waals surface area contributed by atoms with Crippen LogP contribution < -0.4 is 5.32 Å². The van der Waals surface area contributed by atoms with Crippen molar-refractivity contribution in [3.8, 4) is 0 Å². The van der Waals surface area contributed by atoms with Gasteiger partial charge in [-0.25, -0.2) is 4.79 Å². The predicted molar refractivity (Wildman–Crippen MR) is 117 cm³/mol. The molecule has 0 bridgehead atoms. The highest BCUT2D eigenvalue weighted by Gasteiger charge is 2.55. The lowest BCUT2D eigenvalue weighted by Crippen LogP contribution is -2.56. The van der Waals surface area contributed by atoms with E-state index in [9.17, 15) is 14.4 Å². The van der Waals surface area contributed by atoms with Crippen LogP contribution in [-0.4, -0.2) is 77.4 Å². The molecule has 7 heteroatoms. The molecule has 0 radical (unpaired) electrons. The Morgan fingerprint density at radius 1 is 1.17 bits per heavy atom. The second-order valence-corrected chi connectivity index (χ2v) is 9.93. The Morgan fingerprint density at radius 2 is 1.87 bits per heavy atom. The molecule has 2 atom stereocenters. The summed E-state index contributed by atoms with van der Waals surface area (Å²) in [7, 11) is 2.12. The van der Waals surface area contributed by atoms with E-state index >= 15 is 0 Å². The lowest BCUT2D eigenvalue weighted by atomic mass is 9.74. The number of likely N-dealkylation sites (tertiary alicyclic amines) is 2. The van der Waals surface area contributed by atoms with Crippen molar-refractivity contribution in [2.45, 2.75) is 83.7 Å². The van der Waals surface area contributed by atoms with Gasteiger partial charge in [0.05, 0.1) is 0 Å². The number of imide groups is 1. The highest BCUT2D eigenvalue weighted by Crippen LogP contribution is 2.37. The van der Waals surface area contributed by atoms with Gasteiger partial charge in [-0.3, -0.25) is 14.5 Å². The maximum absolute atomic E-state index is 13.5. The molecule has 1 N–H and O–H groups in total. The topological polar surface area (TPSA) is 73.0 Å². The van der Waals surface area contributed by atoms with Gasteiger partial charge in [-0.15, -0.1) is 0 Å². The molecule has 170 valence electrons. The van der Waals surface area contributed by atoms with Crippen molar-refractivity contribution in [3.63, 3.8) is 0 Å². The molecule has 0 aliphatic carbocycles. The summed E-state index contributed by atoms with van der Waals surface area (Å²) >= 11 is 0. The van der Waals surface area contributed by atoms with E-state index in [1.807, 2.05) is 4.90 Å². The number of nitrogens with zero attached hydrogens (tertiary/aromatic N) is 3. The van der Waals surface area contributed by atoms with Gasteiger partial charge in [-0.2, -0.15) is 0 Å². The fourth-order valence-electron chi connectivity index (χ4n) is 5.61. The van der Waals surface area contributed by atoms with Gasteiger partial charge in [-0.05, 0) is 64.0 Å². The molecule has 0 unspecified atom stereocenters. The zero-order valence-corrected chi connectivity index (χ0v) is 19.3. The summed E-state index contributed by atoms with van der Waals surface area (Å²) in [5.41, 5.74) is -0.791. The van der Waals surface area contributed by atoms with Crippen molar-refractivity contribution in [1.29, 1.82) is 0 Å². The third kappa shape index (κ3) is 4.66. The predicted octanol–water partition coefficient (Wildman–Crippen LogP) is 2.85. The Hall–Kier alpha value is -1.63. The molecule has 7 nitrogen and oxygen atoms in total. The molecule has 3 fully saturated rings. The van der Waals surface area contributed by atoms with Gasteiger partial charge in [-0.1, -0.05) is 27.2 Å². The molecule has 3 saturated heterocycles. The van der Waals surface area contributed by atoms with Crippen molar-refractivity contribution < 1.29 is 14.4 Å². The van der Waals surface area contributed by atoms with Gasteiger partial charge in [0.25, 0.3) is 5.91 Å². The van der Waals surface area contributed by atoms with Gasteiger partial charge in [0, 0.05) is 32.1 Å². The second kappa shape index (κ2) is 9.67. The molecule has 3 heterocycles. The number of piperidine rings is 1. The first-order valence-corrected chi connectivity index (χ1v) is 11.9. The zero-order chi connectivity index (χ0) is 21.9. The first kappa shape index (κ1) is 23.0. The minimum atomic E-state index is -0.791. The van der Waals surface area contributed by atoms with Gasteiger partial charge < -0.3 is 15.1 Å². The minimum Gasteiger partial charge on any atom is -0.343 e. The fraction of sp³-hybridized carbons (Fsp3) is 0.870. The highest BCUT2D eigenvalue weighted by molar-refractivity contribution is 6.07. The molecular weight excluding hydrogens is 380 g/mol. The summed E-state index contributed by atoms with van der Waals surface area (Å²) in [5.74, 6) is 0.611. The quantitative estimate of drug-likeness (QED) is 0.613. The largest absolute Gasteiger partial charge is 0.343 e. The van der Waals surface area contributed by atoms with Crippen molar-refractivity contribution in [2.75, 3.05) is 33.2 Å². The Kier molecular flexibility index (Phi) is 7.43. The highest BCUT2D eigenvalue weighted by atomic mass is 16.2. The van der Waals surface area contributed by atoms with Crippen molar-refractivity contribution in [2.24, 2.45) is 11.8 Å². The Morgan fingerprint density at radius 3 is 2.43 bits per heavy atom. The summed E-state index contributed by atoms with van der Waals surface area (Å²) in [6.07, 6.45) is 6.81. The van der Waals surface area contributed by atoms with Crippen LogP contribution in [0.1, 0.15) is 72.1 Å². The number of hydrogen-bond donors (Lipinski definition) is 1. The number of hydrogen-bond acceptors (Lipinski definition) is 4. The summed E-state index contributed by atoms with van der Waals surface area (Å²) < 4.78 is 0. The van der Waals surface area contributed by atoms with Crippen LogP contribution in [0.25, 0.3) is 0 Å². The van der Waals surface area contributed by atoms with Crippen molar-refractivity contribution in [1.82, 2.24) is 20.0 Å². The molecule has 0 aromatic carbocycles. The number of carbonyl (C=O) groups is 3. The first-order valence-electron chi connectivity index (χ1n) is 11.9. The molecule has 3 aliphatic heterocycles. The van der Waals surface area contributed by atoms with Gasteiger partial charge >= 0.3 is 6.03 Å². The molecule has 30 heavy (non-hydrogen) atoms. The summed E-state index contributed by atoms with van der Waals surface area (Å²) in [5, 5.41) is 3.12. The smallest absolute Gasteiger partial charge is 0.325 e. The molecule has 3 rings (SSSR count). The summed E-state index contributed by atoms with van der Waals surface area (Å²) in [6.45, 7) is 9.14. The Labute approximate surface area is 181 Å². The number of rotatable bonds is 8. The minimum absolute atomic E-state index is 0.0399. The fourth-order valence-corrected chi connectivity index (χ4v) is 5.61. The third-order valence-corrected chi connectivity index (χ3v) is 7.33. The van der Waals surface area contributed by atoms with Crippen LogP contribution in [0.3, 0.4) is 0 Å². The van der Waals surface area contributed by atoms with E-state index in [2.05, 4.69) is 38.0 Å². The molecule has 0 spiro atoms. The van der Waals surface area contributed by atoms with Crippen LogP contribution in [0.2, 0.25) is 0 Å². The standard InChI is InChI=1S/C23H40N4O3/c1-5-11-23(18-8-13-26(14-9-18)20(28)16-17(2)3)21(29)27(22(30)24-23)15-10-19-7-6-12-25(19)4/h17-19H,5-16H2,1-4H3,(H,24,30)/t19-,23-/m1/s1. The molecule has 0 aromatic rings. The maximum atomic E-state index is 13.5. The van der Waals surface area contributed by atoms with Crippen molar-refractivity contribution >= 4 is 17.8 Å². The van der Waals surface area contributed by atoms with Crippen LogP contribution in [-0.2, 0) is 9.59 Å². The summed E-state index contributed by atoms with van der Waals surface area (Å²) in [4.78, 5) is 44.5. The van der Waals surface area contributed by atoms with Crippen molar-refractivity contribution in [3.05, 3.63) is 0 Å². The summed E-state index contributed by atoms with van der Waals surface area (Å²) in [6, 6.07) is 0.231. The van der Waals surface area contributed by atoms with E-state index < -0.39 is 5.54 Å². The van der Waals surface area contributed by atoms with E-state index in [4.69, 9.17) is 0 Å². The number of amides is 4. The van der Waals surface area contributed by atoms with E-state index in [1.165, 1.54) is 11.3 Å². The number of carbonyl (C=O) groups excluding carboxylic acids is 3. The average Bonchev–Trinajstić information content (AvgIpc) is 3.21. The lowest BCUT2D eigenvalue weighted by molar-refractivity contribution is -0.136. The van der Waals surface area contributed by atoms with E-state index in [0.29, 0.717) is 44.4 Å². The first-order chi connectivity index (χ1) is 14.3. The Bertz CT molecular complexity index is 644.